The zero-order valence-electron chi connectivity index (χ0n) is 12.8. The van der Waals surface area contributed by atoms with E-state index in [1.807, 2.05) is 0 Å². The SMILES string of the molecule is CCCc1nc(NCC)cc(N2CCc3ccccc32)n1. The fourth-order valence-electron chi connectivity index (χ4n) is 2.80. The first-order chi connectivity index (χ1) is 10.3. The molecule has 1 N–H and O–H groups in total. The summed E-state index contributed by atoms with van der Waals surface area (Å²) in [6.07, 6.45) is 3.06. The van der Waals surface area contributed by atoms with E-state index in [9.17, 15) is 0 Å². The van der Waals surface area contributed by atoms with Crippen LogP contribution in [0.5, 0.6) is 0 Å². The van der Waals surface area contributed by atoms with E-state index >= 15 is 0 Å². The molecule has 4 heteroatoms. The van der Waals surface area contributed by atoms with Crippen LogP contribution in [-0.2, 0) is 12.8 Å². The van der Waals surface area contributed by atoms with Crippen molar-refractivity contribution in [2.75, 3.05) is 23.3 Å². The molecule has 2 heterocycles. The maximum Gasteiger partial charge on any atom is 0.138 e. The highest BCUT2D eigenvalue weighted by molar-refractivity contribution is 5.68. The normalized spacial score (nSPS) is 13.3. The maximum atomic E-state index is 4.76. The zero-order valence-corrected chi connectivity index (χ0v) is 12.8. The summed E-state index contributed by atoms with van der Waals surface area (Å²) in [7, 11) is 0. The number of benzene rings is 1. The summed E-state index contributed by atoms with van der Waals surface area (Å²) in [6.45, 7) is 6.12. The Labute approximate surface area is 126 Å². The Morgan fingerprint density at radius 1 is 1.19 bits per heavy atom. The van der Waals surface area contributed by atoms with Crippen molar-refractivity contribution in [1.82, 2.24) is 9.97 Å². The molecule has 0 radical (unpaired) electrons. The molecule has 0 amide bonds. The molecule has 0 atom stereocenters. The van der Waals surface area contributed by atoms with E-state index in [1.54, 1.807) is 0 Å². The third-order valence-corrected chi connectivity index (χ3v) is 3.75. The zero-order chi connectivity index (χ0) is 14.7. The Bertz CT molecular complexity index is 600. The molecular formula is C17H22N4. The molecule has 4 nitrogen and oxygen atoms in total. The molecule has 110 valence electrons. The largest absolute Gasteiger partial charge is 0.370 e. The van der Waals surface area contributed by atoms with Crippen molar-refractivity contribution < 1.29 is 0 Å². The minimum absolute atomic E-state index is 0.874. The van der Waals surface area contributed by atoms with Crippen molar-refractivity contribution in [1.29, 1.82) is 0 Å². The van der Waals surface area contributed by atoms with Crippen molar-refractivity contribution in [3.63, 3.8) is 0 Å². The second kappa shape index (κ2) is 6.12. The highest BCUT2D eigenvalue weighted by atomic mass is 15.2. The highest BCUT2D eigenvalue weighted by Gasteiger charge is 2.21. The fraction of sp³-hybridized carbons (Fsp3) is 0.412. The summed E-state index contributed by atoms with van der Waals surface area (Å²) in [5.74, 6) is 2.86. The minimum Gasteiger partial charge on any atom is -0.370 e. The molecule has 1 aromatic carbocycles. The first-order valence-corrected chi connectivity index (χ1v) is 7.79. The van der Waals surface area contributed by atoms with E-state index in [0.717, 1.165) is 49.8 Å². The van der Waals surface area contributed by atoms with Gasteiger partial charge in [0.25, 0.3) is 0 Å². The van der Waals surface area contributed by atoms with Gasteiger partial charge in [-0.15, -0.1) is 0 Å². The molecule has 21 heavy (non-hydrogen) atoms. The number of nitrogens with zero attached hydrogens (tertiary/aromatic N) is 3. The molecule has 0 bridgehead atoms. The Morgan fingerprint density at radius 2 is 2.05 bits per heavy atom. The van der Waals surface area contributed by atoms with Crippen LogP contribution in [0.3, 0.4) is 0 Å². The average molecular weight is 282 g/mol. The van der Waals surface area contributed by atoms with Gasteiger partial charge in [-0.2, -0.15) is 0 Å². The smallest absolute Gasteiger partial charge is 0.138 e. The van der Waals surface area contributed by atoms with Crippen LogP contribution in [0.15, 0.2) is 30.3 Å². The predicted molar refractivity (Wildman–Crippen MR) is 87.3 cm³/mol. The molecule has 0 fully saturated rings. The van der Waals surface area contributed by atoms with Crippen LogP contribution in [-0.4, -0.2) is 23.1 Å². The number of hydrogen-bond donors (Lipinski definition) is 1. The first-order valence-electron chi connectivity index (χ1n) is 7.79. The van der Waals surface area contributed by atoms with Crippen LogP contribution in [0.25, 0.3) is 0 Å². The summed E-state index contributed by atoms with van der Waals surface area (Å²) >= 11 is 0. The van der Waals surface area contributed by atoms with Gasteiger partial charge in [0.2, 0.25) is 0 Å². The molecule has 0 aliphatic carbocycles. The monoisotopic (exact) mass is 282 g/mol. The van der Waals surface area contributed by atoms with Crippen LogP contribution < -0.4 is 10.2 Å². The van der Waals surface area contributed by atoms with Gasteiger partial charge in [-0.3, -0.25) is 0 Å². The lowest BCUT2D eigenvalue weighted by molar-refractivity contribution is 0.826. The first kappa shape index (κ1) is 13.9. The Morgan fingerprint density at radius 3 is 2.86 bits per heavy atom. The lowest BCUT2D eigenvalue weighted by Crippen LogP contribution is -2.17. The van der Waals surface area contributed by atoms with Gasteiger partial charge in [-0.1, -0.05) is 25.1 Å². The number of para-hydroxylation sites is 1. The quantitative estimate of drug-likeness (QED) is 0.910. The van der Waals surface area contributed by atoms with Crippen molar-refractivity contribution in [3.8, 4) is 0 Å². The van der Waals surface area contributed by atoms with Gasteiger partial charge in [0, 0.05) is 31.3 Å². The number of aromatic nitrogens is 2. The molecule has 1 aliphatic heterocycles. The van der Waals surface area contributed by atoms with Crippen LogP contribution >= 0.6 is 0 Å². The second-order valence-corrected chi connectivity index (χ2v) is 5.34. The summed E-state index contributed by atoms with van der Waals surface area (Å²) in [6, 6.07) is 10.6. The van der Waals surface area contributed by atoms with E-state index in [1.165, 1.54) is 11.3 Å². The van der Waals surface area contributed by atoms with Gasteiger partial charge >= 0.3 is 0 Å². The fourth-order valence-corrected chi connectivity index (χ4v) is 2.80. The summed E-state index contributed by atoms with van der Waals surface area (Å²) in [5.41, 5.74) is 2.68. The van der Waals surface area contributed by atoms with E-state index in [2.05, 4.69) is 59.4 Å². The van der Waals surface area contributed by atoms with Gasteiger partial charge in [0.05, 0.1) is 0 Å². The summed E-state index contributed by atoms with van der Waals surface area (Å²) in [4.78, 5) is 11.7. The number of nitrogens with one attached hydrogen (secondary N) is 1. The Hall–Kier alpha value is -2.10. The van der Waals surface area contributed by atoms with Gasteiger partial charge in [-0.25, -0.2) is 9.97 Å². The van der Waals surface area contributed by atoms with Gasteiger partial charge in [0.1, 0.15) is 17.5 Å². The average Bonchev–Trinajstić information content (AvgIpc) is 2.92. The molecule has 0 saturated heterocycles. The molecule has 3 rings (SSSR count). The summed E-state index contributed by atoms with van der Waals surface area (Å²) in [5, 5.41) is 3.32. The van der Waals surface area contributed by atoms with Gasteiger partial charge in [0.15, 0.2) is 0 Å². The third kappa shape index (κ3) is 2.84. The van der Waals surface area contributed by atoms with Crippen molar-refractivity contribution in [2.24, 2.45) is 0 Å². The topological polar surface area (TPSA) is 41.1 Å². The lowest BCUT2D eigenvalue weighted by Gasteiger charge is -2.20. The Kier molecular flexibility index (Phi) is 4.04. The Balaban J connectivity index is 1.98. The molecule has 1 aliphatic rings. The van der Waals surface area contributed by atoms with E-state index in [4.69, 9.17) is 4.98 Å². The van der Waals surface area contributed by atoms with Gasteiger partial charge < -0.3 is 10.2 Å². The van der Waals surface area contributed by atoms with Gasteiger partial charge in [-0.05, 0) is 31.4 Å². The molecule has 1 aromatic heterocycles. The van der Waals surface area contributed by atoms with Crippen LogP contribution in [0.4, 0.5) is 17.3 Å². The number of aryl methyl sites for hydroxylation is 1. The third-order valence-electron chi connectivity index (χ3n) is 3.75. The minimum atomic E-state index is 0.874. The lowest BCUT2D eigenvalue weighted by atomic mass is 10.2. The number of fused-ring (bicyclic) bond motifs is 1. The number of rotatable bonds is 5. The van der Waals surface area contributed by atoms with E-state index in [0.29, 0.717) is 0 Å². The molecule has 2 aromatic rings. The molecular weight excluding hydrogens is 260 g/mol. The molecule has 0 saturated carbocycles. The maximum absolute atomic E-state index is 4.76. The van der Waals surface area contributed by atoms with E-state index < -0.39 is 0 Å². The molecule has 0 unspecified atom stereocenters. The highest BCUT2D eigenvalue weighted by Crippen LogP contribution is 2.33. The van der Waals surface area contributed by atoms with Crippen molar-refractivity contribution in [2.45, 2.75) is 33.1 Å². The van der Waals surface area contributed by atoms with Crippen molar-refractivity contribution in [3.05, 3.63) is 41.7 Å². The van der Waals surface area contributed by atoms with Crippen LogP contribution in [0, 0.1) is 0 Å². The summed E-state index contributed by atoms with van der Waals surface area (Å²) < 4.78 is 0. The molecule has 0 spiro atoms. The van der Waals surface area contributed by atoms with Crippen LogP contribution in [0.1, 0.15) is 31.7 Å². The van der Waals surface area contributed by atoms with Crippen molar-refractivity contribution >= 4 is 17.3 Å². The number of anilines is 3. The number of hydrogen-bond acceptors (Lipinski definition) is 4. The predicted octanol–water partition coefficient (Wildman–Crippen LogP) is 3.56. The standard InChI is InChI=1S/C17H22N4/c1-3-7-15-19-16(18-4-2)12-17(20-15)21-11-10-13-8-5-6-9-14(13)21/h5-6,8-9,12H,3-4,7,10-11H2,1-2H3,(H,18,19,20). The van der Waals surface area contributed by atoms with E-state index in [-0.39, 0.29) is 0 Å². The second-order valence-electron chi connectivity index (χ2n) is 5.34. The van der Waals surface area contributed by atoms with Crippen LogP contribution in [0.2, 0.25) is 0 Å².